The van der Waals surface area contributed by atoms with Crippen LogP contribution in [0.15, 0.2) is 16.8 Å². The lowest BCUT2D eigenvalue weighted by atomic mass is 10.3. The molecule has 0 radical (unpaired) electrons. The van der Waals surface area contributed by atoms with Gasteiger partial charge in [0, 0.05) is 6.54 Å². The fraction of sp³-hybridized carbons (Fsp3) is 0.500. The van der Waals surface area contributed by atoms with Gasteiger partial charge < -0.3 is 10.0 Å². The maximum Gasteiger partial charge on any atom is 0.236 e. The normalized spacial score (nSPS) is 26.3. The van der Waals surface area contributed by atoms with Crippen LogP contribution in [0.1, 0.15) is 17.9 Å². The van der Waals surface area contributed by atoms with Crippen molar-refractivity contribution in [2.24, 2.45) is 0 Å². The van der Waals surface area contributed by atoms with Crippen LogP contribution in [0.4, 0.5) is 0 Å². The second kappa shape index (κ2) is 4.55. The quantitative estimate of drug-likeness (QED) is 0.878. The molecular weight excluding hydrogens is 230 g/mol. The molecule has 1 aromatic heterocycles. The summed E-state index contributed by atoms with van der Waals surface area (Å²) in [6, 6.07) is 2.04. The first kappa shape index (κ1) is 11.0. The van der Waals surface area contributed by atoms with Crippen molar-refractivity contribution in [3.8, 4) is 0 Å². The minimum atomic E-state index is 0.00134. The molecule has 5 heteroatoms. The first-order chi connectivity index (χ1) is 7.24. The molecular formula is C10H13NO2S2. The van der Waals surface area contributed by atoms with Gasteiger partial charge in [-0.25, -0.2) is 0 Å². The van der Waals surface area contributed by atoms with E-state index in [1.54, 1.807) is 28.0 Å². The fourth-order valence-corrected chi connectivity index (χ4v) is 3.75. The standard InChI is InChI=1S/C10H13NO2S2/c1-7-9(13)11(3-4-12)10(15-7)8-2-5-14-6-8/h2,5-7,10,12H,3-4H2,1H3/t7-,10-/m1/s1. The lowest BCUT2D eigenvalue weighted by Gasteiger charge is -2.22. The van der Waals surface area contributed by atoms with E-state index in [1.807, 2.05) is 18.4 Å². The molecule has 0 bridgehead atoms. The summed E-state index contributed by atoms with van der Waals surface area (Å²) >= 11 is 3.29. The van der Waals surface area contributed by atoms with Crippen molar-refractivity contribution in [1.29, 1.82) is 0 Å². The fourth-order valence-electron chi connectivity index (χ4n) is 1.68. The zero-order chi connectivity index (χ0) is 10.8. The van der Waals surface area contributed by atoms with Crippen LogP contribution in [0.25, 0.3) is 0 Å². The molecule has 0 saturated carbocycles. The second-order valence-corrected chi connectivity index (χ2v) is 5.65. The molecule has 82 valence electrons. The van der Waals surface area contributed by atoms with E-state index < -0.39 is 0 Å². The third-order valence-electron chi connectivity index (χ3n) is 2.42. The van der Waals surface area contributed by atoms with E-state index in [0.29, 0.717) is 6.54 Å². The average Bonchev–Trinajstić information content (AvgIpc) is 2.81. The maximum atomic E-state index is 11.8. The molecule has 0 aromatic carbocycles. The number of thioether (sulfide) groups is 1. The Morgan fingerprint density at radius 1 is 1.60 bits per heavy atom. The van der Waals surface area contributed by atoms with E-state index >= 15 is 0 Å². The van der Waals surface area contributed by atoms with Crippen molar-refractivity contribution < 1.29 is 9.90 Å². The van der Waals surface area contributed by atoms with Gasteiger partial charge in [-0.05, 0) is 29.3 Å². The summed E-state index contributed by atoms with van der Waals surface area (Å²) in [4.78, 5) is 13.6. The molecule has 0 unspecified atom stereocenters. The molecule has 1 aromatic rings. The van der Waals surface area contributed by atoms with Crippen LogP contribution >= 0.6 is 23.1 Å². The Kier molecular flexibility index (Phi) is 3.33. The Morgan fingerprint density at radius 3 is 3.00 bits per heavy atom. The predicted octanol–water partition coefficient (Wildman–Crippen LogP) is 1.70. The summed E-state index contributed by atoms with van der Waals surface area (Å²) in [5, 5.41) is 13.1. The SMILES string of the molecule is C[C@H]1S[C@H](c2ccsc2)N(CCO)C1=O. The van der Waals surface area contributed by atoms with Gasteiger partial charge in [0.05, 0.1) is 11.9 Å². The minimum Gasteiger partial charge on any atom is -0.395 e. The molecule has 0 spiro atoms. The molecule has 1 saturated heterocycles. The first-order valence-electron chi connectivity index (χ1n) is 4.83. The summed E-state index contributed by atoms with van der Waals surface area (Å²) in [5.41, 5.74) is 1.16. The number of β-amino-alcohol motifs (C(OH)–C–C–N with tert-alkyl or cyclic N) is 1. The van der Waals surface area contributed by atoms with Crippen molar-refractivity contribution >= 4 is 29.0 Å². The molecule has 1 amide bonds. The number of aliphatic hydroxyl groups is 1. The highest BCUT2D eigenvalue weighted by molar-refractivity contribution is 8.01. The highest BCUT2D eigenvalue weighted by atomic mass is 32.2. The van der Waals surface area contributed by atoms with Crippen molar-refractivity contribution in [2.45, 2.75) is 17.5 Å². The molecule has 2 heterocycles. The van der Waals surface area contributed by atoms with E-state index in [9.17, 15) is 4.79 Å². The lowest BCUT2D eigenvalue weighted by molar-refractivity contribution is -0.130. The number of hydrogen-bond donors (Lipinski definition) is 1. The second-order valence-electron chi connectivity index (χ2n) is 3.44. The highest BCUT2D eigenvalue weighted by Gasteiger charge is 2.37. The van der Waals surface area contributed by atoms with E-state index in [4.69, 9.17) is 5.11 Å². The monoisotopic (exact) mass is 243 g/mol. The van der Waals surface area contributed by atoms with Gasteiger partial charge in [-0.1, -0.05) is 0 Å². The number of carbonyl (C=O) groups excluding carboxylic acids is 1. The Labute approximate surface area is 97.1 Å². The third-order valence-corrected chi connectivity index (χ3v) is 4.51. The van der Waals surface area contributed by atoms with Crippen LogP contribution in [-0.2, 0) is 4.79 Å². The van der Waals surface area contributed by atoms with E-state index in [2.05, 4.69) is 5.38 Å². The van der Waals surface area contributed by atoms with Crippen LogP contribution in [0, 0.1) is 0 Å². The zero-order valence-electron chi connectivity index (χ0n) is 8.42. The molecule has 1 N–H and O–H groups in total. The number of thiophene rings is 1. The lowest BCUT2D eigenvalue weighted by Crippen LogP contribution is -2.32. The molecule has 0 aliphatic carbocycles. The largest absolute Gasteiger partial charge is 0.395 e. The summed E-state index contributed by atoms with van der Waals surface area (Å²) in [5.74, 6) is 0.130. The molecule has 1 aliphatic heterocycles. The van der Waals surface area contributed by atoms with Gasteiger partial charge in [0.1, 0.15) is 5.37 Å². The predicted molar refractivity (Wildman–Crippen MR) is 62.9 cm³/mol. The molecule has 1 fully saturated rings. The Morgan fingerprint density at radius 2 is 2.40 bits per heavy atom. The smallest absolute Gasteiger partial charge is 0.236 e. The number of hydrogen-bond acceptors (Lipinski definition) is 4. The molecule has 2 rings (SSSR count). The topological polar surface area (TPSA) is 40.5 Å². The van der Waals surface area contributed by atoms with Gasteiger partial charge in [0.2, 0.25) is 5.91 Å². The Bertz CT molecular complexity index is 339. The Balaban J connectivity index is 2.20. The van der Waals surface area contributed by atoms with Crippen molar-refractivity contribution in [3.63, 3.8) is 0 Å². The number of carbonyl (C=O) groups is 1. The molecule has 15 heavy (non-hydrogen) atoms. The van der Waals surface area contributed by atoms with Crippen LogP contribution in [0.3, 0.4) is 0 Å². The van der Waals surface area contributed by atoms with E-state index in [-0.39, 0.29) is 23.1 Å². The summed E-state index contributed by atoms with van der Waals surface area (Å²) in [6.07, 6.45) is 0. The third kappa shape index (κ3) is 2.04. The number of amides is 1. The van der Waals surface area contributed by atoms with Gasteiger partial charge >= 0.3 is 0 Å². The average molecular weight is 243 g/mol. The number of nitrogens with zero attached hydrogens (tertiary/aromatic N) is 1. The van der Waals surface area contributed by atoms with E-state index in [1.165, 1.54) is 0 Å². The zero-order valence-corrected chi connectivity index (χ0v) is 10.1. The van der Waals surface area contributed by atoms with E-state index in [0.717, 1.165) is 5.56 Å². The number of rotatable bonds is 3. The number of aliphatic hydroxyl groups excluding tert-OH is 1. The molecule has 2 atom stereocenters. The maximum absolute atomic E-state index is 11.8. The summed E-state index contributed by atoms with van der Waals surface area (Å²) in [6.45, 7) is 2.38. The van der Waals surface area contributed by atoms with Crippen LogP contribution in [0.2, 0.25) is 0 Å². The summed E-state index contributed by atoms with van der Waals surface area (Å²) in [7, 11) is 0. The van der Waals surface area contributed by atoms with Crippen molar-refractivity contribution in [2.75, 3.05) is 13.2 Å². The van der Waals surface area contributed by atoms with Gasteiger partial charge in [-0.15, -0.1) is 11.8 Å². The van der Waals surface area contributed by atoms with Gasteiger partial charge in [0.15, 0.2) is 0 Å². The van der Waals surface area contributed by atoms with Gasteiger partial charge in [0.25, 0.3) is 0 Å². The highest BCUT2D eigenvalue weighted by Crippen LogP contribution is 2.43. The minimum absolute atomic E-state index is 0.00134. The van der Waals surface area contributed by atoms with Crippen molar-refractivity contribution in [3.05, 3.63) is 22.4 Å². The Hall–Kier alpha value is -0.520. The van der Waals surface area contributed by atoms with Gasteiger partial charge in [-0.3, -0.25) is 4.79 Å². The van der Waals surface area contributed by atoms with Crippen molar-refractivity contribution in [1.82, 2.24) is 4.90 Å². The van der Waals surface area contributed by atoms with Crippen LogP contribution in [-0.4, -0.2) is 34.3 Å². The van der Waals surface area contributed by atoms with Crippen LogP contribution in [0.5, 0.6) is 0 Å². The molecule has 3 nitrogen and oxygen atoms in total. The first-order valence-corrected chi connectivity index (χ1v) is 6.71. The van der Waals surface area contributed by atoms with Crippen LogP contribution < -0.4 is 0 Å². The molecule has 1 aliphatic rings. The van der Waals surface area contributed by atoms with Gasteiger partial charge in [-0.2, -0.15) is 11.3 Å². The summed E-state index contributed by atoms with van der Waals surface area (Å²) < 4.78 is 0.